The molecule has 0 spiro atoms. The number of H-pyrrole nitrogens is 2. The fourth-order valence-electron chi connectivity index (χ4n) is 2.22. The number of hydrogen-bond acceptors (Lipinski definition) is 4. The lowest BCUT2D eigenvalue weighted by atomic mass is 10.3. The lowest BCUT2D eigenvalue weighted by Crippen LogP contribution is -2.42. The third kappa shape index (κ3) is 3.80. The molecule has 0 aliphatic carbocycles. The first-order valence-electron chi connectivity index (χ1n) is 7.25. The molecule has 2 aromatic rings. The average Bonchev–Trinajstić information content (AvgIpc) is 2.82. The molecule has 126 valence electrons. The van der Waals surface area contributed by atoms with E-state index in [0.717, 1.165) is 4.31 Å². The molecule has 2 rings (SSSR count). The van der Waals surface area contributed by atoms with E-state index in [-0.39, 0.29) is 29.9 Å². The van der Waals surface area contributed by atoms with Gasteiger partial charge in [-0.3, -0.25) is 4.79 Å². The average molecular weight is 340 g/mol. The molecule has 1 amide bonds. The maximum absolute atomic E-state index is 12.7. The summed E-state index contributed by atoms with van der Waals surface area (Å²) < 4.78 is 26.5. The minimum absolute atomic E-state index is 0.0273. The van der Waals surface area contributed by atoms with Crippen molar-refractivity contribution in [1.82, 2.24) is 19.6 Å². The third-order valence-electron chi connectivity index (χ3n) is 3.25. The van der Waals surface area contributed by atoms with Crippen molar-refractivity contribution in [3.05, 3.63) is 28.7 Å². The number of nitrogens with one attached hydrogen (secondary N) is 3. The van der Waals surface area contributed by atoms with E-state index in [1.165, 1.54) is 18.2 Å². The normalized spacial score (nSPS) is 12.2. The molecule has 0 aliphatic rings. The summed E-state index contributed by atoms with van der Waals surface area (Å²) in [7, 11) is -3.83. The fraction of sp³-hybridized carbons (Fsp3) is 0.429. The maximum Gasteiger partial charge on any atom is 0.323 e. The molecule has 0 unspecified atom stereocenters. The van der Waals surface area contributed by atoms with Crippen LogP contribution in [-0.4, -0.2) is 47.7 Å². The molecule has 1 aromatic heterocycles. The highest BCUT2D eigenvalue weighted by atomic mass is 32.2. The predicted molar refractivity (Wildman–Crippen MR) is 86.6 cm³/mol. The van der Waals surface area contributed by atoms with Crippen LogP contribution >= 0.6 is 0 Å². The van der Waals surface area contributed by atoms with Crippen LogP contribution in [0.1, 0.15) is 20.8 Å². The van der Waals surface area contributed by atoms with Gasteiger partial charge in [-0.1, -0.05) is 6.92 Å². The van der Waals surface area contributed by atoms with Crippen LogP contribution in [0.3, 0.4) is 0 Å². The number of hydrogen-bond donors (Lipinski definition) is 3. The Labute approximate surface area is 133 Å². The summed E-state index contributed by atoms with van der Waals surface area (Å²) in [6.07, 6.45) is 0. The number of nitrogens with zero attached hydrogens (tertiary/aromatic N) is 1. The number of amides is 1. The highest BCUT2D eigenvalue weighted by Crippen LogP contribution is 2.19. The molecule has 23 heavy (non-hydrogen) atoms. The SMILES string of the molecule is CCN(CC(=O)NC(C)C)S(=O)(=O)c1ccc2[nH]c(=O)[nH]c2c1. The van der Waals surface area contributed by atoms with E-state index in [4.69, 9.17) is 0 Å². The summed E-state index contributed by atoms with van der Waals surface area (Å²) in [5.41, 5.74) is 0.520. The number of carbonyl (C=O) groups excluding carboxylic acids is 1. The van der Waals surface area contributed by atoms with Gasteiger partial charge >= 0.3 is 5.69 Å². The van der Waals surface area contributed by atoms with Crippen LogP contribution < -0.4 is 11.0 Å². The zero-order valence-corrected chi connectivity index (χ0v) is 14.0. The summed E-state index contributed by atoms with van der Waals surface area (Å²) >= 11 is 0. The van der Waals surface area contributed by atoms with Crippen LogP contribution in [0.15, 0.2) is 27.9 Å². The van der Waals surface area contributed by atoms with Crippen LogP contribution in [0.25, 0.3) is 11.0 Å². The molecule has 1 aromatic carbocycles. The van der Waals surface area contributed by atoms with Gasteiger partial charge in [0.25, 0.3) is 0 Å². The standard InChI is InChI=1S/C14H20N4O4S/c1-4-18(8-13(19)15-9(2)3)23(21,22)10-5-6-11-12(7-10)17-14(20)16-11/h5-7,9H,4,8H2,1-3H3,(H,15,19)(H2,16,17,20). The highest BCUT2D eigenvalue weighted by Gasteiger charge is 2.25. The van der Waals surface area contributed by atoms with Gasteiger partial charge in [0, 0.05) is 12.6 Å². The lowest BCUT2D eigenvalue weighted by Gasteiger charge is -2.20. The van der Waals surface area contributed by atoms with E-state index in [9.17, 15) is 18.0 Å². The van der Waals surface area contributed by atoms with Gasteiger partial charge in [0.1, 0.15) is 0 Å². The second kappa shape index (κ2) is 6.55. The van der Waals surface area contributed by atoms with E-state index in [1.54, 1.807) is 20.8 Å². The zero-order valence-electron chi connectivity index (χ0n) is 13.2. The molecule has 0 atom stereocenters. The van der Waals surface area contributed by atoms with Crippen molar-refractivity contribution < 1.29 is 13.2 Å². The number of imidazole rings is 1. The maximum atomic E-state index is 12.7. The Hall–Kier alpha value is -2.13. The first-order valence-corrected chi connectivity index (χ1v) is 8.69. The van der Waals surface area contributed by atoms with Crippen molar-refractivity contribution in [2.45, 2.75) is 31.7 Å². The molecule has 8 nitrogen and oxygen atoms in total. The zero-order chi connectivity index (χ0) is 17.2. The van der Waals surface area contributed by atoms with Crippen molar-refractivity contribution in [2.75, 3.05) is 13.1 Å². The third-order valence-corrected chi connectivity index (χ3v) is 5.16. The van der Waals surface area contributed by atoms with Crippen molar-refractivity contribution >= 4 is 27.0 Å². The van der Waals surface area contributed by atoms with Crippen molar-refractivity contribution in [3.8, 4) is 0 Å². The Morgan fingerprint density at radius 3 is 2.52 bits per heavy atom. The second-order valence-corrected chi connectivity index (χ2v) is 7.38. The molecule has 9 heteroatoms. The Kier molecular flexibility index (Phi) is 4.90. The van der Waals surface area contributed by atoms with Gasteiger partial charge in [-0.05, 0) is 32.0 Å². The van der Waals surface area contributed by atoms with E-state index in [0.29, 0.717) is 11.0 Å². The van der Waals surface area contributed by atoms with Crippen LogP contribution in [0.4, 0.5) is 0 Å². The molecule has 0 radical (unpaired) electrons. The smallest absolute Gasteiger partial charge is 0.323 e. The van der Waals surface area contributed by atoms with Gasteiger partial charge < -0.3 is 15.3 Å². The molecule has 0 fully saturated rings. The van der Waals surface area contributed by atoms with E-state index >= 15 is 0 Å². The van der Waals surface area contributed by atoms with Gasteiger partial charge in [-0.25, -0.2) is 13.2 Å². The minimum atomic E-state index is -3.83. The number of sulfonamides is 1. The molecule has 0 saturated carbocycles. The minimum Gasteiger partial charge on any atom is -0.353 e. The number of fused-ring (bicyclic) bond motifs is 1. The number of carbonyl (C=O) groups is 1. The number of likely N-dealkylation sites (N-methyl/N-ethyl adjacent to an activating group) is 1. The van der Waals surface area contributed by atoms with Crippen LogP contribution in [0, 0.1) is 0 Å². The topological polar surface area (TPSA) is 115 Å². The number of rotatable bonds is 6. The first kappa shape index (κ1) is 17.2. The largest absolute Gasteiger partial charge is 0.353 e. The Balaban J connectivity index is 2.32. The van der Waals surface area contributed by atoms with E-state index in [1.807, 2.05) is 0 Å². The van der Waals surface area contributed by atoms with Gasteiger partial charge in [0.05, 0.1) is 22.5 Å². The van der Waals surface area contributed by atoms with Gasteiger partial charge in [-0.15, -0.1) is 0 Å². The Bertz CT molecular complexity index is 866. The summed E-state index contributed by atoms with van der Waals surface area (Å²) in [6, 6.07) is 4.24. The van der Waals surface area contributed by atoms with Crippen LogP contribution in [0.2, 0.25) is 0 Å². The molecular formula is C14H20N4O4S. The fourth-order valence-corrected chi connectivity index (χ4v) is 3.65. The summed E-state index contributed by atoms with van der Waals surface area (Å²) in [4.78, 5) is 28.2. The number of benzene rings is 1. The Morgan fingerprint density at radius 1 is 1.26 bits per heavy atom. The first-order chi connectivity index (χ1) is 10.7. The molecule has 0 aliphatic heterocycles. The summed E-state index contributed by atoms with van der Waals surface area (Å²) in [5.74, 6) is -0.360. The second-order valence-electron chi connectivity index (χ2n) is 5.44. The molecule has 3 N–H and O–H groups in total. The van der Waals surface area contributed by atoms with Gasteiger partial charge in [0.2, 0.25) is 15.9 Å². The lowest BCUT2D eigenvalue weighted by molar-refractivity contribution is -0.121. The van der Waals surface area contributed by atoms with Gasteiger partial charge in [0.15, 0.2) is 0 Å². The quantitative estimate of drug-likeness (QED) is 0.705. The monoisotopic (exact) mass is 340 g/mol. The van der Waals surface area contributed by atoms with Crippen molar-refractivity contribution in [3.63, 3.8) is 0 Å². The summed E-state index contributed by atoms with van der Waals surface area (Å²) in [5, 5.41) is 2.67. The Morgan fingerprint density at radius 2 is 1.91 bits per heavy atom. The van der Waals surface area contributed by atoms with E-state index in [2.05, 4.69) is 15.3 Å². The molecule has 0 saturated heterocycles. The number of aromatic amines is 2. The van der Waals surface area contributed by atoms with E-state index < -0.39 is 15.7 Å². The summed E-state index contributed by atoms with van der Waals surface area (Å²) in [6.45, 7) is 5.18. The van der Waals surface area contributed by atoms with Gasteiger partial charge in [-0.2, -0.15) is 4.31 Å². The molecular weight excluding hydrogens is 320 g/mol. The van der Waals surface area contributed by atoms with Crippen LogP contribution in [0.5, 0.6) is 0 Å². The molecule has 0 bridgehead atoms. The molecule has 1 heterocycles. The number of aromatic nitrogens is 2. The predicted octanol–water partition coefficient (Wildman–Crippen LogP) is 0.391. The van der Waals surface area contributed by atoms with Crippen molar-refractivity contribution in [2.24, 2.45) is 0 Å². The van der Waals surface area contributed by atoms with Crippen molar-refractivity contribution in [1.29, 1.82) is 0 Å². The highest BCUT2D eigenvalue weighted by molar-refractivity contribution is 7.89. The van der Waals surface area contributed by atoms with Crippen LogP contribution in [-0.2, 0) is 14.8 Å².